The van der Waals surface area contributed by atoms with E-state index in [1.165, 1.54) is 12.5 Å². The third-order valence-corrected chi connectivity index (χ3v) is 10.5. The van der Waals surface area contributed by atoms with E-state index in [1.807, 2.05) is 0 Å². The summed E-state index contributed by atoms with van der Waals surface area (Å²) in [6, 6.07) is 1.44. The van der Waals surface area contributed by atoms with E-state index < -0.39 is 48.1 Å². The van der Waals surface area contributed by atoms with E-state index in [0.29, 0.717) is 25.0 Å². The lowest BCUT2D eigenvalue weighted by molar-refractivity contribution is -0.250. The van der Waals surface area contributed by atoms with E-state index in [9.17, 15) is 30.6 Å². The number of ether oxygens (including phenoxy) is 2. The normalized spacial score (nSPS) is 40.2. The van der Waals surface area contributed by atoms with Crippen LogP contribution in [0.3, 0.4) is 0 Å². The Morgan fingerprint density at radius 1 is 1.05 bits per heavy atom. The molecule has 2 aliphatic carbocycles. The number of likely N-dealkylation sites (tertiary alicyclic amines) is 1. The average molecular weight is 559 g/mol. The number of phenols is 1. The fraction of sp³-hybridized carbons (Fsp3) is 0.710. The summed E-state index contributed by atoms with van der Waals surface area (Å²) in [5.74, 6) is 0.162. The number of likely N-dealkylation sites (N-methyl/N-ethyl adjacent to an activating group) is 1. The lowest BCUT2D eigenvalue weighted by Gasteiger charge is -2.57. The quantitative estimate of drug-likeness (QED) is 0.197. The highest BCUT2D eigenvalue weighted by atomic mass is 16.5. The van der Waals surface area contributed by atoms with Crippen molar-refractivity contribution in [2.75, 3.05) is 20.2 Å². The molecule has 9 nitrogen and oxygen atoms in total. The van der Waals surface area contributed by atoms with Gasteiger partial charge in [-0.25, -0.2) is 0 Å². The largest absolute Gasteiger partial charge is 0.504 e. The number of phenolic OH excluding ortho intramolecular Hbond substituents is 1. The van der Waals surface area contributed by atoms with Crippen molar-refractivity contribution in [1.82, 2.24) is 4.90 Å². The zero-order valence-corrected chi connectivity index (χ0v) is 23.5. The Morgan fingerprint density at radius 2 is 1.80 bits per heavy atom. The monoisotopic (exact) mass is 558 g/mol. The van der Waals surface area contributed by atoms with Crippen molar-refractivity contribution < 1.29 is 40.1 Å². The lowest BCUT2D eigenvalue weighted by Crippen LogP contribution is -2.66. The molecule has 1 radical (unpaired) electrons. The number of hydrogen-bond acceptors (Lipinski definition) is 9. The third kappa shape index (κ3) is 3.92. The molecule has 3 aliphatic heterocycles. The summed E-state index contributed by atoms with van der Waals surface area (Å²) in [7, 11) is 2.06. The van der Waals surface area contributed by atoms with E-state index in [-0.39, 0.29) is 29.4 Å². The first kappa shape index (κ1) is 28.4. The number of piperidine rings is 1. The van der Waals surface area contributed by atoms with Gasteiger partial charge in [-0.1, -0.05) is 57.6 Å². The fourth-order valence-electron chi connectivity index (χ4n) is 8.41. The molecule has 2 saturated heterocycles. The number of unbranched alkanes of at least 4 members (excludes halogenated alkanes) is 5. The summed E-state index contributed by atoms with van der Waals surface area (Å²) in [5.41, 5.74) is -1.09. The molecule has 3 heterocycles. The smallest absolute Gasteiger partial charge is 0.165 e. The topological polar surface area (TPSA) is 143 Å². The van der Waals surface area contributed by atoms with E-state index >= 15 is 0 Å². The second-order valence-electron chi connectivity index (χ2n) is 12.6. The summed E-state index contributed by atoms with van der Waals surface area (Å²) < 4.78 is 12.2. The molecule has 9 atom stereocenters. The molecule has 40 heavy (non-hydrogen) atoms. The minimum absolute atomic E-state index is 0.0438. The van der Waals surface area contributed by atoms with Gasteiger partial charge >= 0.3 is 0 Å². The molecule has 5 aliphatic rings. The molecule has 0 aromatic heterocycles. The lowest BCUT2D eigenvalue weighted by atomic mass is 9.52. The van der Waals surface area contributed by atoms with Gasteiger partial charge < -0.3 is 45.0 Å². The van der Waals surface area contributed by atoms with Crippen LogP contribution in [0.1, 0.15) is 75.0 Å². The molecule has 221 valence electrons. The van der Waals surface area contributed by atoms with Gasteiger partial charge in [-0.3, -0.25) is 0 Å². The van der Waals surface area contributed by atoms with Crippen molar-refractivity contribution in [3.63, 3.8) is 0 Å². The first-order valence-corrected chi connectivity index (χ1v) is 15.0. The van der Waals surface area contributed by atoms with Gasteiger partial charge in [0, 0.05) is 22.9 Å². The average Bonchev–Trinajstić information content (AvgIpc) is 3.30. The molecule has 0 amide bonds. The molecular formula is C31H44NO8. The number of rotatable bonds is 9. The Morgan fingerprint density at radius 3 is 2.55 bits per heavy atom. The molecule has 1 aromatic rings. The molecule has 0 unspecified atom stereocenters. The maximum atomic E-state index is 12.3. The summed E-state index contributed by atoms with van der Waals surface area (Å²) in [6.45, 7) is 2.41. The highest BCUT2D eigenvalue weighted by Gasteiger charge is 2.66. The summed E-state index contributed by atoms with van der Waals surface area (Å²) in [5, 5.41) is 67.7. The second-order valence-corrected chi connectivity index (χ2v) is 12.6. The van der Waals surface area contributed by atoms with Gasteiger partial charge in [-0.15, -0.1) is 0 Å². The van der Waals surface area contributed by atoms with E-state index in [2.05, 4.69) is 24.9 Å². The Labute approximate surface area is 236 Å². The fourth-order valence-corrected chi connectivity index (χ4v) is 8.41. The summed E-state index contributed by atoms with van der Waals surface area (Å²) in [6.07, 6.45) is 6.15. The first-order valence-electron chi connectivity index (χ1n) is 15.0. The molecule has 2 fully saturated rings. The Hall–Kier alpha value is -1.72. The van der Waals surface area contributed by atoms with Gasteiger partial charge in [0.05, 0.1) is 6.61 Å². The second kappa shape index (κ2) is 10.5. The third-order valence-electron chi connectivity index (χ3n) is 10.5. The number of benzene rings is 1. The molecule has 1 aromatic carbocycles. The van der Waals surface area contributed by atoms with Crippen molar-refractivity contribution in [3.8, 4) is 11.5 Å². The minimum Gasteiger partial charge on any atom is -0.504 e. The molecule has 1 spiro atoms. The van der Waals surface area contributed by atoms with Gasteiger partial charge in [-0.2, -0.15) is 0 Å². The van der Waals surface area contributed by atoms with Gasteiger partial charge in [-0.05, 0) is 50.0 Å². The highest BCUT2D eigenvalue weighted by Crippen LogP contribution is 2.64. The number of aliphatic hydroxyl groups is 5. The van der Waals surface area contributed by atoms with E-state index in [4.69, 9.17) is 9.47 Å². The van der Waals surface area contributed by atoms with Crippen LogP contribution < -0.4 is 4.74 Å². The number of aliphatic hydroxyl groups excluding tert-OH is 4. The number of aromatic hydroxyl groups is 1. The van der Waals surface area contributed by atoms with Gasteiger partial charge in [0.1, 0.15) is 42.2 Å². The maximum Gasteiger partial charge on any atom is 0.165 e. The van der Waals surface area contributed by atoms with Crippen LogP contribution >= 0.6 is 0 Å². The van der Waals surface area contributed by atoms with Crippen LogP contribution in [0.4, 0.5) is 0 Å². The molecule has 2 bridgehead atoms. The van der Waals surface area contributed by atoms with Crippen LogP contribution in [-0.4, -0.2) is 92.3 Å². The Bertz CT molecular complexity index is 1140. The van der Waals surface area contributed by atoms with Crippen LogP contribution in [0.2, 0.25) is 0 Å². The summed E-state index contributed by atoms with van der Waals surface area (Å²) >= 11 is 0. The van der Waals surface area contributed by atoms with Crippen molar-refractivity contribution in [2.24, 2.45) is 5.92 Å². The minimum atomic E-state index is -2.22. The SMILES string of the molecule is CCCCCCCC[C]1O[C@H](CO)[C@H](O)[C@@](O)(c2cc(O)c3c4c2C[C@@H]2[C@@H]5C=C[C@H](O)[C@H](O3)[C@]45CCN2C)[C@H]1O. The maximum absolute atomic E-state index is 12.3. The van der Waals surface area contributed by atoms with E-state index in [1.54, 1.807) is 6.08 Å². The van der Waals surface area contributed by atoms with Gasteiger partial charge in [0.15, 0.2) is 11.5 Å². The molecular weight excluding hydrogens is 514 g/mol. The predicted octanol–water partition coefficient (Wildman–Crippen LogP) is 1.78. The zero-order valence-electron chi connectivity index (χ0n) is 23.5. The highest BCUT2D eigenvalue weighted by molar-refractivity contribution is 5.65. The molecule has 9 heteroatoms. The zero-order chi connectivity index (χ0) is 28.4. The van der Waals surface area contributed by atoms with Crippen molar-refractivity contribution in [3.05, 3.63) is 41.0 Å². The van der Waals surface area contributed by atoms with Crippen LogP contribution in [0, 0.1) is 12.0 Å². The van der Waals surface area contributed by atoms with Gasteiger partial charge in [0.2, 0.25) is 0 Å². The molecule has 6 N–H and O–H groups in total. The van der Waals surface area contributed by atoms with Crippen molar-refractivity contribution >= 4 is 0 Å². The van der Waals surface area contributed by atoms with E-state index in [0.717, 1.165) is 49.8 Å². The van der Waals surface area contributed by atoms with Gasteiger partial charge in [0.25, 0.3) is 0 Å². The molecule has 6 rings (SSSR count). The standard InChI is InChI=1S/C31H44NO8/c1-3-4-5-6-7-8-9-23-27(36)31(38,28(37)24(16-33)39-23)19-15-22(35)26-25-17(19)14-20-18-10-11-21(34)29(40-26)30(18,25)12-13-32(20)2/h10-11,15,18,20-21,24,27-29,33-38H,3-9,12-14,16H2,1-2H3/t18-,20+,21-,24+,27-,28-,29-,30-,31+/m0/s1. The van der Waals surface area contributed by atoms with Crippen LogP contribution in [0.25, 0.3) is 0 Å². The summed E-state index contributed by atoms with van der Waals surface area (Å²) in [4.78, 5) is 2.28. The Balaban J connectivity index is 1.42. The molecule has 0 saturated carbocycles. The van der Waals surface area contributed by atoms with Crippen molar-refractivity contribution in [1.29, 1.82) is 0 Å². The van der Waals surface area contributed by atoms with Crippen molar-refractivity contribution in [2.45, 2.75) is 112 Å². The number of nitrogens with zero attached hydrogens (tertiary/aromatic N) is 1. The predicted molar refractivity (Wildman–Crippen MR) is 147 cm³/mol. The van der Waals surface area contributed by atoms with Crippen LogP contribution in [0.15, 0.2) is 18.2 Å². The Kier molecular flexibility index (Phi) is 7.47. The van der Waals surface area contributed by atoms with Crippen LogP contribution in [0.5, 0.6) is 11.5 Å². The number of hydrogen-bond donors (Lipinski definition) is 6. The van der Waals surface area contributed by atoms with Crippen LogP contribution in [-0.2, 0) is 22.2 Å². The first-order chi connectivity index (χ1) is 19.2.